The predicted octanol–water partition coefficient (Wildman–Crippen LogP) is 6.19. The molecule has 5 aliphatic rings. The fourth-order valence-electron chi connectivity index (χ4n) is 11.2. The van der Waals surface area contributed by atoms with Crippen LogP contribution in [0.2, 0.25) is 0 Å². The van der Waals surface area contributed by atoms with Crippen molar-refractivity contribution in [1.29, 1.82) is 10.8 Å². The van der Waals surface area contributed by atoms with Gasteiger partial charge in [-0.3, -0.25) is 20.4 Å². The van der Waals surface area contributed by atoms with E-state index in [4.69, 9.17) is 15.6 Å². The van der Waals surface area contributed by atoms with Gasteiger partial charge < -0.3 is 15.2 Å². The van der Waals surface area contributed by atoms with Crippen molar-refractivity contribution in [2.45, 2.75) is 125 Å². The average molecular weight is 554 g/mol. The van der Waals surface area contributed by atoms with E-state index in [0.717, 1.165) is 56.1 Å². The summed E-state index contributed by atoms with van der Waals surface area (Å²) < 4.78 is 5.03. The highest BCUT2D eigenvalue weighted by molar-refractivity contribution is 6.35. The van der Waals surface area contributed by atoms with Gasteiger partial charge in [-0.05, 0) is 108 Å². The summed E-state index contributed by atoms with van der Waals surface area (Å²) in [6.07, 6.45) is 7.84. The van der Waals surface area contributed by atoms with Crippen LogP contribution in [0.15, 0.2) is 11.1 Å². The summed E-state index contributed by atoms with van der Waals surface area (Å²) in [4.78, 5) is 26.8. The molecule has 0 aromatic carbocycles. The average Bonchev–Trinajstić information content (AvgIpc) is 3.13. The molecule has 8 atom stereocenters. The molecule has 4 saturated carbocycles. The topological polar surface area (TPSA) is 123 Å². The number of aliphatic hydroxyl groups excluding tert-OH is 1. The molecular formula is C33H51N3O4. The summed E-state index contributed by atoms with van der Waals surface area (Å²) in [5.74, 6) is -0.0431. The number of fused-ring (bicyclic) bond motifs is 7. The Bertz CT molecular complexity index is 1190. The third kappa shape index (κ3) is 3.85. The highest BCUT2D eigenvalue weighted by Crippen LogP contribution is 2.75. The van der Waals surface area contributed by atoms with E-state index in [1.807, 2.05) is 0 Å². The fraction of sp³-hybridized carbons (Fsp3) is 0.818. The molecule has 7 unspecified atom stereocenters. The summed E-state index contributed by atoms with van der Waals surface area (Å²) >= 11 is 0. The van der Waals surface area contributed by atoms with E-state index < -0.39 is 17.3 Å². The second kappa shape index (κ2) is 9.24. The van der Waals surface area contributed by atoms with Crippen LogP contribution in [0.1, 0.15) is 113 Å². The van der Waals surface area contributed by atoms with Gasteiger partial charge in [0.2, 0.25) is 0 Å². The van der Waals surface area contributed by atoms with Crippen LogP contribution in [0.3, 0.4) is 0 Å². The van der Waals surface area contributed by atoms with Gasteiger partial charge in [-0.1, -0.05) is 48.5 Å². The summed E-state index contributed by atoms with van der Waals surface area (Å²) in [5, 5.41) is 29.8. The van der Waals surface area contributed by atoms with Crippen molar-refractivity contribution in [2.24, 2.45) is 45.3 Å². The van der Waals surface area contributed by atoms with E-state index in [1.54, 1.807) is 0 Å². The lowest BCUT2D eigenvalue weighted by atomic mass is 9.33. The van der Waals surface area contributed by atoms with Crippen LogP contribution in [-0.4, -0.2) is 40.2 Å². The van der Waals surface area contributed by atoms with E-state index >= 15 is 0 Å². The van der Waals surface area contributed by atoms with Gasteiger partial charge in [-0.25, -0.2) is 0 Å². The van der Waals surface area contributed by atoms with Crippen molar-refractivity contribution in [3.8, 4) is 0 Å². The Balaban J connectivity index is 1.56. The minimum absolute atomic E-state index is 0.0199. The van der Waals surface area contributed by atoms with Crippen molar-refractivity contribution in [3.05, 3.63) is 11.1 Å². The number of aliphatic hydroxyl groups is 1. The molecule has 7 nitrogen and oxygen atoms in total. The summed E-state index contributed by atoms with van der Waals surface area (Å²) in [7, 11) is 0. The molecule has 0 radical (unpaired) electrons. The Morgan fingerprint density at radius 1 is 0.950 bits per heavy atom. The van der Waals surface area contributed by atoms with Gasteiger partial charge in [0.1, 0.15) is 0 Å². The number of allylic oxidation sites excluding steroid dienone is 1. The Hall–Kier alpha value is -2.02. The molecule has 1 amide bonds. The highest BCUT2D eigenvalue weighted by atomic mass is 16.5. The van der Waals surface area contributed by atoms with E-state index in [-0.39, 0.29) is 57.7 Å². The lowest BCUT2D eigenvalue weighted by Gasteiger charge is -2.72. The second-order valence-electron chi connectivity index (χ2n) is 15.6. The number of hydrogen-bond acceptors (Lipinski definition) is 6. The Labute approximate surface area is 240 Å². The quantitative estimate of drug-likeness (QED) is 0.240. The zero-order valence-corrected chi connectivity index (χ0v) is 25.9. The number of nitrogens with one attached hydrogen (secondary N) is 3. The molecule has 0 aromatic heterocycles. The molecule has 0 aromatic rings. The fourth-order valence-corrected chi connectivity index (χ4v) is 11.2. The maximum Gasteiger partial charge on any atom is 0.307 e. The molecule has 5 rings (SSSR count). The number of ketones is 1. The van der Waals surface area contributed by atoms with Crippen LogP contribution >= 0.6 is 0 Å². The second-order valence-corrected chi connectivity index (χ2v) is 15.6. The van der Waals surface area contributed by atoms with E-state index in [9.17, 15) is 14.7 Å². The number of ether oxygens (including phenoxy) is 1. The van der Waals surface area contributed by atoms with Crippen LogP contribution in [0.25, 0.3) is 0 Å². The van der Waals surface area contributed by atoms with E-state index in [0.29, 0.717) is 18.3 Å². The monoisotopic (exact) mass is 553 g/mol. The van der Waals surface area contributed by atoms with Crippen LogP contribution in [0.4, 0.5) is 0 Å². The zero-order chi connectivity index (χ0) is 29.6. The number of amides is 1. The standard InChI is InChI=1S/C33H51N3O4/c1-18(2)25-21(37)17-33(36-28(39)27(35)40-19(3)34)16-15-31(7)20(26(25)33)9-10-23-30(6)13-12-24(38)29(4,5)22(30)11-14-32(23,31)8/h18,20,22-24,34-35,38H,9-17H2,1-8H3,(H,36,39)/t20?,22?,23?,24?,30?,31-,32?,33?/m1/s1. The van der Waals surface area contributed by atoms with Crippen LogP contribution in [0, 0.1) is 56.2 Å². The summed E-state index contributed by atoms with van der Waals surface area (Å²) in [5.41, 5.74) is 1.37. The maximum absolute atomic E-state index is 13.6. The number of carbonyl (C=O) groups excluding carboxylic acids is 2. The molecule has 7 heteroatoms. The molecule has 4 N–H and O–H groups in total. The van der Waals surface area contributed by atoms with Gasteiger partial charge in [0.25, 0.3) is 5.90 Å². The minimum Gasteiger partial charge on any atom is -0.421 e. The van der Waals surface area contributed by atoms with E-state index in [1.165, 1.54) is 6.92 Å². The molecule has 40 heavy (non-hydrogen) atoms. The maximum atomic E-state index is 13.6. The molecule has 222 valence electrons. The third-order valence-electron chi connectivity index (χ3n) is 13.2. The largest absolute Gasteiger partial charge is 0.421 e. The SMILES string of the molecule is CC(=N)OC(=N)C(=O)NC12CC[C@]3(C)C(CCC4C5(C)CCC(O)C(C)(C)C5CCC43C)C1=C(C(C)C)C(=O)C2. The first kappa shape index (κ1) is 29.5. The Morgan fingerprint density at radius 2 is 1.62 bits per heavy atom. The van der Waals surface area contributed by atoms with Gasteiger partial charge in [-0.2, -0.15) is 0 Å². The van der Waals surface area contributed by atoms with E-state index in [2.05, 4.69) is 53.8 Å². The normalized spacial score (nSPS) is 43.8. The molecule has 0 saturated heterocycles. The van der Waals surface area contributed by atoms with Crippen LogP contribution < -0.4 is 5.32 Å². The van der Waals surface area contributed by atoms with Crippen molar-refractivity contribution >= 4 is 23.5 Å². The molecule has 5 aliphatic carbocycles. The lowest BCUT2D eigenvalue weighted by molar-refractivity contribution is -0.227. The molecule has 4 fully saturated rings. The lowest BCUT2D eigenvalue weighted by Crippen LogP contribution is -2.67. The smallest absolute Gasteiger partial charge is 0.307 e. The summed E-state index contributed by atoms with van der Waals surface area (Å²) in [6, 6.07) is 0. The molecule has 0 heterocycles. The number of Topliss-reactive ketones (excluding diaryl/α,β-unsaturated/α-hetero) is 1. The van der Waals surface area contributed by atoms with Gasteiger partial charge in [-0.15, -0.1) is 0 Å². The first-order valence-corrected chi connectivity index (χ1v) is 15.5. The number of rotatable bonds is 2. The van der Waals surface area contributed by atoms with Crippen molar-refractivity contribution < 1.29 is 19.4 Å². The third-order valence-corrected chi connectivity index (χ3v) is 13.2. The Morgan fingerprint density at radius 3 is 2.25 bits per heavy atom. The van der Waals surface area contributed by atoms with Gasteiger partial charge in [0.15, 0.2) is 11.7 Å². The van der Waals surface area contributed by atoms with Gasteiger partial charge in [0.05, 0.1) is 11.6 Å². The van der Waals surface area contributed by atoms with Gasteiger partial charge in [0, 0.05) is 13.3 Å². The highest BCUT2D eigenvalue weighted by Gasteiger charge is 2.70. The predicted molar refractivity (Wildman–Crippen MR) is 156 cm³/mol. The van der Waals surface area contributed by atoms with Crippen molar-refractivity contribution in [2.75, 3.05) is 0 Å². The Kier molecular flexibility index (Phi) is 6.81. The molecule has 0 bridgehead atoms. The molecule has 0 spiro atoms. The molecule has 0 aliphatic heterocycles. The van der Waals surface area contributed by atoms with Crippen molar-refractivity contribution in [3.63, 3.8) is 0 Å². The van der Waals surface area contributed by atoms with Gasteiger partial charge >= 0.3 is 5.91 Å². The zero-order valence-electron chi connectivity index (χ0n) is 25.9. The van der Waals surface area contributed by atoms with Crippen LogP contribution in [-0.2, 0) is 14.3 Å². The molecular weight excluding hydrogens is 502 g/mol. The number of carbonyl (C=O) groups is 2. The first-order chi connectivity index (χ1) is 18.4. The van der Waals surface area contributed by atoms with Crippen LogP contribution in [0.5, 0.6) is 0 Å². The summed E-state index contributed by atoms with van der Waals surface area (Å²) in [6.45, 7) is 17.6. The first-order valence-electron chi connectivity index (χ1n) is 15.5. The van der Waals surface area contributed by atoms with Crippen molar-refractivity contribution in [1.82, 2.24) is 5.32 Å². The minimum atomic E-state index is -0.787. The number of hydrogen-bond donors (Lipinski definition) is 4.